The lowest BCUT2D eigenvalue weighted by atomic mass is 9.67. The first-order chi connectivity index (χ1) is 15.4. The Hall–Kier alpha value is -2.86. The highest BCUT2D eigenvalue weighted by atomic mass is 32.3. The van der Waals surface area contributed by atoms with Gasteiger partial charge in [0, 0.05) is 5.56 Å². The molecule has 1 atom stereocenters. The van der Waals surface area contributed by atoms with Crippen molar-refractivity contribution < 1.29 is 27.4 Å². The molecule has 11 heteroatoms. The number of Topliss-reactive ketones (excluding diaryl/α,β-unsaturated/α-hetero) is 1. The number of rotatable bonds is 5. The zero-order valence-corrected chi connectivity index (χ0v) is 19.9. The van der Waals surface area contributed by atoms with E-state index in [1.807, 2.05) is 26.0 Å². The van der Waals surface area contributed by atoms with Crippen molar-refractivity contribution in [2.75, 3.05) is 16.3 Å². The largest absolute Gasteiger partial charge is 0.506 e. The summed E-state index contributed by atoms with van der Waals surface area (Å²) in [6.07, 6.45) is 2.23. The van der Waals surface area contributed by atoms with Crippen LogP contribution in [0.3, 0.4) is 0 Å². The Balaban J connectivity index is 1.85. The predicted octanol–water partition coefficient (Wildman–Crippen LogP) is 4.52. The van der Waals surface area contributed by atoms with Gasteiger partial charge in [0.15, 0.2) is 11.6 Å². The van der Waals surface area contributed by atoms with E-state index in [4.69, 9.17) is 0 Å². The fraction of sp³-hybridized carbons (Fsp3) is 0.273. The van der Waals surface area contributed by atoms with Crippen LogP contribution < -0.4 is 10.0 Å². The maximum Gasteiger partial charge on any atom is 0.229 e. The lowest BCUT2D eigenvalue weighted by molar-refractivity contribution is -0.120. The van der Waals surface area contributed by atoms with Crippen molar-refractivity contribution in [3.8, 4) is 0 Å². The molecule has 0 aromatic heterocycles. The van der Waals surface area contributed by atoms with Crippen LogP contribution in [0.5, 0.6) is 0 Å². The van der Waals surface area contributed by atoms with E-state index in [1.54, 1.807) is 12.1 Å². The first-order valence-electron chi connectivity index (χ1n) is 10.2. The average Bonchev–Trinajstić information content (AvgIpc) is 2.72. The van der Waals surface area contributed by atoms with E-state index in [-0.39, 0.29) is 39.2 Å². The minimum absolute atomic E-state index is 0.0278. The molecule has 1 unspecified atom stereocenters. The summed E-state index contributed by atoms with van der Waals surface area (Å²) < 4.78 is 50.9. The number of carbonyl (C=O) groups is 1. The van der Waals surface area contributed by atoms with Crippen LogP contribution in [0.1, 0.15) is 37.8 Å². The van der Waals surface area contributed by atoms with Crippen molar-refractivity contribution in [3.05, 3.63) is 59.2 Å². The Labute approximate surface area is 193 Å². The molecule has 2 aliphatic rings. The molecule has 0 saturated carbocycles. The molecule has 0 amide bonds. The first kappa shape index (κ1) is 23.3. The smallest absolute Gasteiger partial charge is 0.229 e. The number of anilines is 2. The topological polar surface area (TPSA) is 148 Å². The number of hydrogen-bond donors (Lipinski definition) is 5. The number of benzene rings is 2. The number of ketones is 1. The fourth-order valence-electron chi connectivity index (χ4n) is 4.34. The number of amidine groups is 1. The van der Waals surface area contributed by atoms with Crippen molar-refractivity contribution in [2.24, 2.45) is 4.40 Å². The summed E-state index contributed by atoms with van der Waals surface area (Å²) in [6.45, 7) is 3.77. The van der Waals surface area contributed by atoms with Gasteiger partial charge in [0.05, 0.1) is 23.0 Å². The molecule has 176 valence electrons. The summed E-state index contributed by atoms with van der Waals surface area (Å²) in [5.74, 6) is -0.809. The lowest BCUT2D eigenvalue weighted by Gasteiger charge is -2.38. The number of sulfonamides is 1. The van der Waals surface area contributed by atoms with Gasteiger partial charge in [0.1, 0.15) is 16.2 Å². The average molecular weight is 492 g/mol. The van der Waals surface area contributed by atoms with Gasteiger partial charge in [-0.15, -0.1) is 4.40 Å². The van der Waals surface area contributed by atoms with Gasteiger partial charge in [-0.05, 0) is 37.1 Å². The highest BCUT2D eigenvalue weighted by molar-refractivity contribution is 8.23. The van der Waals surface area contributed by atoms with Crippen molar-refractivity contribution in [2.45, 2.75) is 37.0 Å². The van der Waals surface area contributed by atoms with Crippen molar-refractivity contribution in [1.82, 2.24) is 0 Å². The second-order valence-corrected chi connectivity index (χ2v) is 11.8. The van der Waals surface area contributed by atoms with E-state index in [9.17, 15) is 27.4 Å². The highest BCUT2D eigenvalue weighted by Crippen LogP contribution is 2.57. The van der Waals surface area contributed by atoms with E-state index < -0.39 is 26.2 Å². The molecule has 2 aromatic rings. The minimum atomic E-state index is -3.80. The van der Waals surface area contributed by atoms with Crippen LogP contribution in [-0.4, -0.2) is 40.5 Å². The van der Waals surface area contributed by atoms with Crippen molar-refractivity contribution in [3.63, 3.8) is 0 Å². The van der Waals surface area contributed by atoms with E-state index in [0.29, 0.717) is 17.5 Å². The molecule has 5 N–H and O–H groups in total. The van der Waals surface area contributed by atoms with Gasteiger partial charge in [0.25, 0.3) is 0 Å². The Morgan fingerprint density at radius 3 is 2.55 bits per heavy atom. The van der Waals surface area contributed by atoms with Gasteiger partial charge in [-0.3, -0.25) is 18.6 Å². The molecule has 0 bridgehead atoms. The zero-order valence-electron chi connectivity index (χ0n) is 18.3. The standard InChI is InChI=1S/C22H25N3O6S2/c1-4-11-22(2)15-8-6-5-7-14(15)19(26)18(20(22)27)21-23-16-10-9-13(24-32(3,28)29)12-17(16)33(30,31)25-21/h5-10,12,24,26,30-31H,4,11H2,1-3H3,(H,23,25). The van der Waals surface area contributed by atoms with Crippen LogP contribution in [0.15, 0.2) is 57.3 Å². The number of carbonyl (C=O) groups excluding carboxylic acids is 1. The Morgan fingerprint density at radius 2 is 1.88 bits per heavy atom. The SMILES string of the molecule is CCCC1(C)C(=O)C(C2=NS(O)(O)c3cc(NS(C)(=O)=O)ccc3N2)=C(O)c2ccccc21. The van der Waals surface area contributed by atoms with E-state index in [1.165, 1.54) is 18.2 Å². The summed E-state index contributed by atoms with van der Waals surface area (Å²) in [5.41, 5.74) is 0.526. The lowest BCUT2D eigenvalue weighted by Crippen LogP contribution is -2.42. The van der Waals surface area contributed by atoms with Gasteiger partial charge < -0.3 is 10.4 Å². The van der Waals surface area contributed by atoms with Gasteiger partial charge >= 0.3 is 0 Å². The monoisotopic (exact) mass is 491 g/mol. The summed E-state index contributed by atoms with van der Waals surface area (Å²) >= 11 is 0. The summed E-state index contributed by atoms with van der Waals surface area (Å²) in [5, 5.41) is 14.0. The number of aliphatic hydroxyl groups is 1. The Kier molecular flexibility index (Phi) is 5.56. The molecule has 0 spiro atoms. The molecule has 0 fully saturated rings. The second-order valence-electron chi connectivity index (χ2n) is 8.35. The normalized spacial score (nSPS) is 22.6. The molecule has 2 aromatic carbocycles. The summed E-state index contributed by atoms with van der Waals surface area (Å²) in [6, 6.07) is 11.3. The van der Waals surface area contributed by atoms with Crippen LogP contribution in [-0.2, 0) is 20.2 Å². The number of nitrogens with zero attached hydrogens (tertiary/aromatic N) is 1. The van der Waals surface area contributed by atoms with Gasteiger partial charge in [-0.2, -0.15) is 0 Å². The molecule has 0 saturated heterocycles. The third-order valence-electron chi connectivity index (χ3n) is 5.78. The van der Waals surface area contributed by atoms with Crippen LogP contribution in [0.25, 0.3) is 5.76 Å². The summed E-state index contributed by atoms with van der Waals surface area (Å²) in [7, 11) is -7.38. The third-order valence-corrected chi connectivity index (χ3v) is 7.75. The van der Waals surface area contributed by atoms with E-state index in [0.717, 1.165) is 12.7 Å². The van der Waals surface area contributed by atoms with Crippen molar-refractivity contribution in [1.29, 1.82) is 0 Å². The molecule has 33 heavy (non-hydrogen) atoms. The number of aliphatic hydroxyl groups excluding tert-OH is 1. The quantitative estimate of drug-likeness (QED) is 0.413. The number of nitrogens with one attached hydrogen (secondary N) is 2. The molecule has 9 nitrogen and oxygen atoms in total. The first-order valence-corrected chi connectivity index (χ1v) is 13.6. The fourth-order valence-corrected chi connectivity index (χ4v) is 6.09. The molecular weight excluding hydrogens is 466 g/mol. The molecule has 1 heterocycles. The van der Waals surface area contributed by atoms with Gasteiger partial charge in [-0.25, -0.2) is 8.42 Å². The van der Waals surface area contributed by atoms with Gasteiger partial charge in [-0.1, -0.05) is 48.4 Å². The Bertz CT molecular complexity index is 1330. The summed E-state index contributed by atoms with van der Waals surface area (Å²) in [4.78, 5) is 13.6. The maximum absolute atomic E-state index is 13.7. The maximum atomic E-state index is 13.7. The van der Waals surface area contributed by atoms with Crippen LogP contribution in [0.2, 0.25) is 0 Å². The van der Waals surface area contributed by atoms with E-state index in [2.05, 4.69) is 14.4 Å². The Morgan fingerprint density at radius 1 is 1.18 bits per heavy atom. The van der Waals surface area contributed by atoms with Crippen LogP contribution >= 0.6 is 10.8 Å². The molecular formula is C22H25N3O6S2. The molecule has 0 radical (unpaired) electrons. The van der Waals surface area contributed by atoms with Crippen molar-refractivity contribution >= 4 is 49.6 Å². The zero-order chi connectivity index (χ0) is 24.2. The molecule has 1 aliphatic carbocycles. The minimum Gasteiger partial charge on any atom is -0.506 e. The number of hydrogen-bond acceptors (Lipinski definition) is 8. The van der Waals surface area contributed by atoms with Crippen LogP contribution in [0, 0.1) is 0 Å². The van der Waals surface area contributed by atoms with Crippen LogP contribution in [0.4, 0.5) is 11.4 Å². The number of fused-ring (bicyclic) bond motifs is 2. The highest BCUT2D eigenvalue weighted by Gasteiger charge is 2.46. The predicted molar refractivity (Wildman–Crippen MR) is 130 cm³/mol. The van der Waals surface area contributed by atoms with E-state index >= 15 is 0 Å². The molecule has 4 rings (SSSR count). The third kappa shape index (κ3) is 4.01. The second kappa shape index (κ2) is 7.87. The van der Waals surface area contributed by atoms with Gasteiger partial charge in [0.2, 0.25) is 10.0 Å². The molecule has 1 aliphatic heterocycles.